The van der Waals surface area contributed by atoms with E-state index in [2.05, 4.69) is 32.1 Å². The van der Waals surface area contributed by atoms with Gasteiger partial charge in [0.2, 0.25) is 0 Å². The molecule has 19 heavy (non-hydrogen) atoms. The van der Waals surface area contributed by atoms with Crippen LogP contribution in [-0.4, -0.2) is 20.8 Å². The quantitative estimate of drug-likeness (QED) is 0.818. The largest absolute Gasteiger partial charge is 0.385 e. The van der Waals surface area contributed by atoms with Crippen LogP contribution in [0.2, 0.25) is 0 Å². The Hall–Kier alpha value is -0.170. The van der Waals surface area contributed by atoms with Crippen LogP contribution in [0, 0.1) is 21.5 Å². The molecule has 3 saturated carbocycles. The van der Waals surface area contributed by atoms with Gasteiger partial charge in [-0.1, -0.05) is 13.8 Å². The van der Waals surface area contributed by atoms with Gasteiger partial charge in [0, 0.05) is 12.2 Å². The van der Waals surface area contributed by atoms with E-state index in [1.165, 1.54) is 0 Å². The number of halogens is 2. The first kappa shape index (κ1) is 13.8. The van der Waals surface area contributed by atoms with Crippen molar-refractivity contribution in [2.24, 2.45) is 17.8 Å². The van der Waals surface area contributed by atoms with Gasteiger partial charge in [-0.05, 0) is 59.6 Å². The fraction of sp³-hybridized carbons (Fsp3) is 0.786. The third-order valence-corrected chi connectivity index (χ3v) is 5.24. The maximum atomic E-state index is 14.0. The molecule has 3 unspecified atom stereocenters. The lowest BCUT2D eigenvalue weighted by Crippen LogP contribution is -2.44. The maximum absolute atomic E-state index is 14.0. The molecule has 2 bridgehead atoms. The van der Waals surface area contributed by atoms with Crippen molar-refractivity contribution in [2.75, 3.05) is 0 Å². The average Bonchev–Trinajstić information content (AvgIpc) is 2.67. The highest BCUT2D eigenvalue weighted by Crippen LogP contribution is 2.52. The second kappa shape index (κ2) is 4.98. The summed E-state index contributed by atoms with van der Waals surface area (Å²) >= 11 is 2.17. The van der Waals surface area contributed by atoms with Crippen LogP contribution in [0.3, 0.4) is 0 Å². The van der Waals surface area contributed by atoms with Crippen molar-refractivity contribution in [3.63, 3.8) is 0 Å². The number of fused-ring (bicyclic) bond motifs is 2. The highest BCUT2D eigenvalue weighted by atomic mass is 127. The summed E-state index contributed by atoms with van der Waals surface area (Å²) in [6.07, 6.45) is 3.30. The zero-order chi connectivity index (χ0) is 13.7. The second-order valence-corrected chi connectivity index (χ2v) is 7.43. The topological polar surface area (TPSA) is 38.1 Å². The molecule has 3 fully saturated rings. The number of rotatable bonds is 3. The highest BCUT2D eigenvalue weighted by Gasteiger charge is 2.47. The predicted octanol–water partition coefficient (Wildman–Crippen LogP) is 3.49. The van der Waals surface area contributed by atoms with E-state index < -0.39 is 12.3 Å². The van der Waals surface area contributed by atoms with Crippen LogP contribution in [0.5, 0.6) is 0 Å². The molecule has 1 aromatic heterocycles. The molecule has 5 heteroatoms. The van der Waals surface area contributed by atoms with E-state index >= 15 is 0 Å². The Kier molecular flexibility index (Phi) is 3.62. The standard InChI is InChI=1S/C14H20FIN2O/c1-7(2)13(19)14-17-12(16)6-18(14)11-5-10(15)8-3-9(11)4-8/h6-11,13,19H,3-5H2,1-2H3. The van der Waals surface area contributed by atoms with E-state index in [0.29, 0.717) is 24.1 Å². The Labute approximate surface area is 126 Å². The molecular formula is C14H20FIN2O. The summed E-state index contributed by atoms with van der Waals surface area (Å²) < 4.78 is 16.9. The summed E-state index contributed by atoms with van der Waals surface area (Å²) in [7, 11) is 0. The number of alkyl halides is 1. The first-order valence-corrected chi connectivity index (χ1v) is 8.11. The Balaban J connectivity index is 1.91. The third-order valence-electron chi connectivity index (χ3n) is 4.72. The molecule has 3 nitrogen and oxygen atoms in total. The number of imidazole rings is 1. The molecule has 1 N–H and O–H groups in total. The van der Waals surface area contributed by atoms with Gasteiger partial charge < -0.3 is 9.67 Å². The van der Waals surface area contributed by atoms with Crippen molar-refractivity contribution in [1.82, 2.24) is 9.55 Å². The molecule has 0 saturated heterocycles. The van der Waals surface area contributed by atoms with Crippen LogP contribution < -0.4 is 0 Å². The molecule has 3 aliphatic carbocycles. The van der Waals surface area contributed by atoms with E-state index in [0.717, 1.165) is 16.5 Å². The van der Waals surface area contributed by atoms with Gasteiger partial charge in [-0.25, -0.2) is 9.37 Å². The number of aromatic nitrogens is 2. The summed E-state index contributed by atoms with van der Waals surface area (Å²) in [6.45, 7) is 3.96. The van der Waals surface area contributed by atoms with Crippen LogP contribution in [-0.2, 0) is 0 Å². The summed E-state index contributed by atoms with van der Waals surface area (Å²) in [4.78, 5) is 4.46. The van der Waals surface area contributed by atoms with Crippen molar-refractivity contribution in [3.8, 4) is 0 Å². The van der Waals surface area contributed by atoms with E-state index in [1.54, 1.807) is 0 Å². The van der Waals surface area contributed by atoms with Crippen LogP contribution in [0.15, 0.2) is 6.20 Å². The SMILES string of the molecule is CC(C)C(O)c1nc(I)cn1C1CC(F)C2CC1C2. The number of hydrogen-bond donors (Lipinski definition) is 1. The number of aliphatic hydroxyl groups excluding tert-OH is 1. The number of aliphatic hydroxyl groups is 1. The van der Waals surface area contributed by atoms with E-state index in [9.17, 15) is 9.50 Å². The smallest absolute Gasteiger partial charge is 0.139 e. The molecule has 3 aliphatic rings. The summed E-state index contributed by atoms with van der Waals surface area (Å²) in [5.41, 5.74) is 0. The zero-order valence-electron chi connectivity index (χ0n) is 11.3. The van der Waals surface area contributed by atoms with E-state index in [-0.39, 0.29) is 12.0 Å². The van der Waals surface area contributed by atoms with Crippen LogP contribution in [0.25, 0.3) is 0 Å². The molecule has 1 heterocycles. The lowest BCUT2D eigenvalue weighted by atomic mass is 9.61. The molecule has 0 amide bonds. The van der Waals surface area contributed by atoms with Crippen molar-refractivity contribution in [1.29, 1.82) is 0 Å². The first-order chi connectivity index (χ1) is 8.97. The normalized spacial score (nSPS) is 35.3. The molecule has 1 aromatic rings. The minimum Gasteiger partial charge on any atom is -0.385 e. The molecular weight excluding hydrogens is 358 g/mol. The van der Waals surface area contributed by atoms with Gasteiger partial charge in [0.15, 0.2) is 0 Å². The molecule has 3 atom stereocenters. The van der Waals surface area contributed by atoms with Gasteiger partial charge >= 0.3 is 0 Å². The number of hydrogen-bond acceptors (Lipinski definition) is 2. The highest BCUT2D eigenvalue weighted by molar-refractivity contribution is 14.1. The monoisotopic (exact) mass is 378 g/mol. The molecule has 106 valence electrons. The Morgan fingerprint density at radius 1 is 1.37 bits per heavy atom. The zero-order valence-corrected chi connectivity index (χ0v) is 13.4. The van der Waals surface area contributed by atoms with E-state index in [1.807, 2.05) is 20.0 Å². The van der Waals surface area contributed by atoms with Gasteiger partial charge in [-0.2, -0.15) is 0 Å². The average molecular weight is 378 g/mol. The van der Waals surface area contributed by atoms with Crippen molar-refractivity contribution >= 4 is 22.6 Å². The van der Waals surface area contributed by atoms with Crippen molar-refractivity contribution in [2.45, 2.75) is 51.4 Å². The minimum atomic E-state index is -0.681. The fourth-order valence-electron chi connectivity index (χ4n) is 3.43. The lowest BCUT2D eigenvalue weighted by molar-refractivity contribution is -0.0214. The number of nitrogens with zero attached hydrogens (tertiary/aromatic N) is 2. The van der Waals surface area contributed by atoms with Gasteiger partial charge in [-0.15, -0.1) is 0 Å². The maximum Gasteiger partial charge on any atom is 0.139 e. The van der Waals surface area contributed by atoms with Crippen molar-refractivity contribution in [3.05, 3.63) is 15.7 Å². The fourth-order valence-corrected chi connectivity index (χ4v) is 3.98. The van der Waals surface area contributed by atoms with E-state index in [4.69, 9.17) is 0 Å². The van der Waals surface area contributed by atoms with Crippen LogP contribution in [0.4, 0.5) is 4.39 Å². The molecule has 4 rings (SSSR count). The van der Waals surface area contributed by atoms with Crippen LogP contribution >= 0.6 is 22.6 Å². The Morgan fingerprint density at radius 2 is 2.05 bits per heavy atom. The molecule has 0 aliphatic heterocycles. The third kappa shape index (κ3) is 2.33. The summed E-state index contributed by atoms with van der Waals surface area (Å²) in [5.74, 6) is 1.69. The van der Waals surface area contributed by atoms with Gasteiger partial charge in [0.25, 0.3) is 0 Å². The first-order valence-electron chi connectivity index (χ1n) is 7.03. The lowest BCUT2D eigenvalue weighted by Gasteiger charge is -2.49. The van der Waals surface area contributed by atoms with Gasteiger partial charge in [0.1, 0.15) is 21.8 Å². The molecule has 0 spiro atoms. The van der Waals surface area contributed by atoms with Gasteiger partial charge in [0.05, 0.1) is 0 Å². The van der Waals surface area contributed by atoms with Crippen LogP contribution in [0.1, 0.15) is 51.1 Å². The van der Waals surface area contributed by atoms with Gasteiger partial charge in [-0.3, -0.25) is 0 Å². The summed E-state index contributed by atoms with van der Waals surface area (Å²) in [6, 6.07) is 0.180. The summed E-state index contributed by atoms with van der Waals surface area (Å²) in [5, 5.41) is 10.3. The molecule has 0 aromatic carbocycles. The minimum absolute atomic E-state index is 0.121. The molecule has 0 radical (unpaired) electrons. The Bertz CT molecular complexity index is 470. The predicted molar refractivity (Wildman–Crippen MR) is 79.5 cm³/mol. The second-order valence-electron chi connectivity index (χ2n) is 6.33. The van der Waals surface area contributed by atoms with Crippen molar-refractivity contribution < 1.29 is 9.50 Å². The Morgan fingerprint density at radius 3 is 2.63 bits per heavy atom.